The standard InChI is InChI=1S/C27H27F4N5O3/c1-14-12-36(7-6-34(14)2)23-11-21(29)17(15-4-5-16(26(32)38)20(28)8-15)9-22(23)33-27(39)19-13-35(3)24(37)10-18(19)25(30)31/h4-5,8-11,13-14,25H,6-7,12H2,1-3H3,(H2,32,38)(H,33,39)/t14-/m1/s1. The van der Waals surface area contributed by atoms with Crippen molar-refractivity contribution in [1.29, 1.82) is 0 Å². The average molecular weight is 546 g/mol. The number of carbonyl (C=O) groups excluding carboxylic acids is 2. The SMILES string of the molecule is C[C@@H]1CN(c2cc(F)c(-c3ccc(C(N)=O)c(F)c3)cc2NC(=O)c2cn(C)c(=O)cc2C(F)F)CCN1C. The van der Waals surface area contributed by atoms with E-state index >= 15 is 4.39 Å². The van der Waals surface area contributed by atoms with Crippen molar-refractivity contribution >= 4 is 23.2 Å². The fourth-order valence-electron chi connectivity index (χ4n) is 4.50. The van der Waals surface area contributed by atoms with Gasteiger partial charge in [0, 0.05) is 56.1 Å². The first-order chi connectivity index (χ1) is 18.4. The summed E-state index contributed by atoms with van der Waals surface area (Å²) in [6.07, 6.45) is -2.08. The molecule has 39 heavy (non-hydrogen) atoms. The number of halogens is 4. The van der Waals surface area contributed by atoms with Crippen LogP contribution in [0.4, 0.5) is 28.9 Å². The van der Waals surface area contributed by atoms with E-state index in [0.717, 1.165) is 22.9 Å². The first-order valence-corrected chi connectivity index (χ1v) is 12.1. The minimum Gasteiger partial charge on any atom is -0.367 e. The summed E-state index contributed by atoms with van der Waals surface area (Å²) in [7, 11) is 3.27. The summed E-state index contributed by atoms with van der Waals surface area (Å²) in [6, 6.07) is 6.65. The molecule has 1 aliphatic heterocycles. The number of piperazine rings is 1. The fourth-order valence-corrected chi connectivity index (χ4v) is 4.50. The van der Waals surface area contributed by atoms with Crippen molar-refractivity contribution in [3.63, 3.8) is 0 Å². The predicted octanol–water partition coefficient (Wildman–Crippen LogP) is 3.76. The number of carbonyl (C=O) groups is 2. The molecule has 8 nitrogen and oxygen atoms in total. The van der Waals surface area contributed by atoms with E-state index in [0.29, 0.717) is 31.4 Å². The number of likely N-dealkylation sites (N-methyl/N-ethyl adjacent to an activating group) is 1. The molecule has 1 atom stereocenters. The van der Waals surface area contributed by atoms with Crippen LogP contribution in [0.5, 0.6) is 0 Å². The number of aryl methyl sites for hydroxylation is 1. The van der Waals surface area contributed by atoms with Gasteiger partial charge in [0.25, 0.3) is 23.8 Å². The molecule has 2 amide bonds. The molecular weight excluding hydrogens is 518 g/mol. The van der Waals surface area contributed by atoms with Crippen LogP contribution in [-0.2, 0) is 7.05 Å². The highest BCUT2D eigenvalue weighted by Gasteiger charge is 2.27. The van der Waals surface area contributed by atoms with Crippen molar-refractivity contribution in [3.8, 4) is 11.1 Å². The quantitative estimate of drug-likeness (QED) is 0.460. The van der Waals surface area contributed by atoms with Gasteiger partial charge in [0.15, 0.2) is 0 Å². The molecule has 12 heteroatoms. The Morgan fingerprint density at radius 3 is 2.36 bits per heavy atom. The molecular formula is C27H27F4N5O3. The zero-order chi connectivity index (χ0) is 28.6. The molecule has 0 bridgehead atoms. The fraction of sp³-hybridized carbons (Fsp3) is 0.296. The van der Waals surface area contributed by atoms with Crippen molar-refractivity contribution in [2.75, 3.05) is 36.9 Å². The zero-order valence-electron chi connectivity index (χ0n) is 21.5. The largest absolute Gasteiger partial charge is 0.367 e. The minimum absolute atomic E-state index is 0.0687. The number of nitrogens with two attached hydrogens (primary N) is 1. The van der Waals surface area contributed by atoms with E-state index in [1.54, 1.807) is 0 Å². The highest BCUT2D eigenvalue weighted by atomic mass is 19.3. The topological polar surface area (TPSA) is 101 Å². The molecule has 0 saturated carbocycles. The maximum atomic E-state index is 15.5. The van der Waals surface area contributed by atoms with Gasteiger partial charge in [-0.05, 0) is 43.8 Å². The Labute approximate surface area is 221 Å². The number of amides is 2. The number of nitrogens with one attached hydrogen (secondary N) is 1. The lowest BCUT2D eigenvalue weighted by Gasteiger charge is -2.39. The van der Waals surface area contributed by atoms with Crippen LogP contribution < -0.4 is 21.5 Å². The Morgan fingerprint density at radius 2 is 1.74 bits per heavy atom. The third-order valence-corrected chi connectivity index (χ3v) is 6.92. The molecule has 4 rings (SSSR count). The summed E-state index contributed by atoms with van der Waals surface area (Å²) in [6.45, 7) is 3.61. The highest BCUT2D eigenvalue weighted by Crippen LogP contribution is 2.36. The first kappa shape index (κ1) is 27.8. The summed E-state index contributed by atoms with van der Waals surface area (Å²) in [5.41, 5.74) is 3.30. The summed E-state index contributed by atoms with van der Waals surface area (Å²) in [4.78, 5) is 40.6. The molecule has 1 fully saturated rings. The van der Waals surface area contributed by atoms with Gasteiger partial charge in [0.2, 0.25) is 0 Å². The number of alkyl halides is 2. The van der Waals surface area contributed by atoms with Gasteiger partial charge in [-0.2, -0.15) is 0 Å². The Kier molecular flexibility index (Phi) is 7.77. The first-order valence-electron chi connectivity index (χ1n) is 12.1. The number of benzene rings is 2. The second kappa shape index (κ2) is 10.9. The predicted molar refractivity (Wildman–Crippen MR) is 139 cm³/mol. The smallest absolute Gasteiger partial charge is 0.264 e. The summed E-state index contributed by atoms with van der Waals surface area (Å²) < 4.78 is 58.3. The van der Waals surface area contributed by atoms with Gasteiger partial charge in [0.1, 0.15) is 11.6 Å². The van der Waals surface area contributed by atoms with Crippen molar-refractivity contribution in [2.45, 2.75) is 19.4 Å². The van der Waals surface area contributed by atoms with Gasteiger partial charge in [-0.15, -0.1) is 0 Å². The van der Waals surface area contributed by atoms with Gasteiger partial charge >= 0.3 is 0 Å². The van der Waals surface area contributed by atoms with Crippen LogP contribution in [0.1, 0.15) is 39.6 Å². The van der Waals surface area contributed by atoms with E-state index in [1.807, 2.05) is 18.9 Å². The van der Waals surface area contributed by atoms with Crippen LogP contribution in [0.15, 0.2) is 47.4 Å². The van der Waals surface area contributed by atoms with Crippen LogP contribution in [0, 0.1) is 11.6 Å². The third-order valence-electron chi connectivity index (χ3n) is 6.92. The normalized spacial score (nSPS) is 16.0. The number of pyridine rings is 1. The molecule has 0 spiro atoms. The number of nitrogens with zero attached hydrogens (tertiary/aromatic N) is 3. The second-order valence-corrected chi connectivity index (χ2v) is 9.53. The Morgan fingerprint density at radius 1 is 1.03 bits per heavy atom. The summed E-state index contributed by atoms with van der Waals surface area (Å²) in [5, 5.41) is 2.60. The van der Waals surface area contributed by atoms with E-state index in [2.05, 4.69) is 10.2 Å². The summed E-state index contributed by atoms with van der Waals surface area (Å²) in [5.74, 6) is -3.60. The van der Waals surface area contributed by atoms with Gasteiger partial charge < -0.3 is 25.4 Å². The molecule has 3 N–H and O–H groups in total. The van der Waals surface area contributed by atoms with Gasteiger partial charge in [-0.25, -0.2) is 17.6 Å². The molecule has 0 radical (unpaired) electrons. The number of hydrogen-bond donors (Lipinski definition) is 2. The monoisotopic (exact) mass is 545 g/mol. The number of hydrogen-bond acceptors (Lipinski definition) is 5. The molecule has 1 saturated heterocycles. The number of rotatable bonds is 6. The van der Waals surface area contributed by atoms with Crippen LogP contribution in [0.2, 0.25) is 0 Å². The van der Waals surface area contributed by atoms with E-state index in [4.69, 9.17) is 5.73 Å². The van der Waals surface area contributed by atoms with Gasteiger partial charge in [-0.1, -0.05) is 6.07 Å². The van der Waals surface area contributed by atoms with Gasteiger partial charge in [-0.3, -0.25) is 14.4 Å². The van der Waals surface area contributed by atoms with Crippen LogP contribution >= 0.6 is 0 Å². The number of anilines is 2. The second-order valence-electron chi connectivity index (χ2n) is 9.53. The molecule has 1 aromatic heterocycles. The van der Waals surface area contributed by atoms with Crippen LogP contribution in [0.25, 0.3) is 11.1 Å². The molecule has 0 aliphatic carbocycles. The van der Waals surface area contributed by atoms with E-state index in [1.165, 1.54) is 25.2 Å². The highest BCUT2D eigenvalue weighted by molar-refractivity contribution is 6.07. The summed E-state index contributed by atoms with van der Waals surface area (Å²) >= 11 is 0. The number of primary amides is 1. The lowest BCUT2D eigenvalue weighted by Crippen LogP contribution is -2.50. The maximum Gasteiger partial charge on any atom is 0.264 e. The Balaban J connectivity index is 1.83. The van der Waals surface area contributed by atoms with Gasteiger partial charge in [0.05, 0.1) is 22.5 Å². The lowest BCUT2D eigenvalue weighted by atomic mass is 10.00. The number of aromatic nitrogens is 1. The van der Waals surface area contributed by atoms with E-state index in [-0.39, 0.29) is 28.4 Å². The molecule has 0 unspecified atom stereocenters. The van der Waals surface area contributed by atoms with E-state index in [9.17, 15) is 27.6 Å². The van der Waals surface area contributed by atoms with Crippen molar-refractivity contribution < 1.29 is 27.2 Å². The molecule has 1 aliphatic rings. The third kappa shape index (κ3) is 5.65. The molecule has 3 aromatic rings. The maximum absolute atomic E-state index is 15.5. The minimum atomic E-state index is -3.09. The Bertz CT molecular complexity index is 1510. The Hall–Kier alpha value is -4.19. The average Bonchev–Trinajstić information content (AvgIpc) is 2.87. The van der Waals surface area contributed by atoms with Crippen LogP contribution in [-0.4, -0.2) is 54.0 Å². The molecule has 2 heterocycles. The lowest BCUT2D eigenvalue weighted by molar-refractivity contribution is 0.0992. The van der Waals surface area contributed by atoms with Crippen molar-refractivity contribution in [3.05, 3.63) is 81.3 Å². The van der Waals surface area contributed by atoms with Crippen molar-refractivity contribution in [1.82, 2.24) is 9.47 Å². The van der Waals surface area contributed by atoms with E-state index < -0.39 is 46.6 Å². The van der Waals surface area contributed by atoms with Crippen LogP contribution in [0.3, 0.4) is 0 Å². The molecule has 206 valence electrons. The molecule has 2 aromatic carbocycles. The van der Waals surface area contributed by atoms with Crippen molar-refractivity contribution in [2.24, 2.45) is 12.8 Å². The zero-order valence-corrected chi connectivity index (χ0v) is 21.5.